The Morgan fingerprint density at radius 3 is 2.38 bits per heavy atom. The van der Waals surface area contributed by atoms with Crippen LogP contribution in [0.5, 0.6) is 0 Å². The molecule has 0 aromatic carbocycles. The van der Waals surface area contributed by atoms with Gasteiger partial charge in [0.15, 0.2) is 0 Å². The highest BCUT2D eigenvalue weighted by Gasteiger charge is 2.28. The van der Waals surface area contributed by atoms with Gasteiger partial charge in [0, 0.05) is 36.7 Å². The van der Waals surface area contributed by atoms with E-state index in [1.165, 1.54) is 6.42 Å². The Kier molecular flexibility index (Phi) is 10.7. The van der Waals surface area contributed by atoms with Crippen molar-refractivity contribution < 1.29 is 13.2 Å². The summed E-state index contributed by atoms with van der Waals surface area (Å²) in [6.45, 7) is 6.79. The predicted octanol–water partition coefficient (Wildman–Crippen LogP) is 4.40. The van der Waals surface area contributed by atoms with Crippen molar-refractivity contribution >= 4 is 50.2 Å². The molecule has 0 radical (unpaired) electrons. The van der Waals surface area contributed by atoms with Crippen LogP contribution in [0.2, 0.25) is 5.02 Å². The molecule has 0 amide bonds. The highest BCUT2D eigenvalue weighted by molar-refractivity contribution is 14.1. The molecular formula is C22H36ClIN4O3S. The summed E-state index contributed by atoms with van der Waals surface area (Å²) in [6.07, 6.45) is 10.3. The predicted molar refractivity (Wildman–Crippen MR) is 138 cm³/mol. The molecular weight excluding hydrogens is 563 g/mol. The van der Waals surface area contributed by atoms with Crippen LogP contribution in [0.3, 0.4) is 0 Å². The van der Waals surface area contributed by atoms with Crippen molar-refractivity contribution in [2.45, 2.75) is 55.8 Å². The van der Waals surface area contributed by atoms with Crippen molar-refractivity contribution in [1.82, 2.24) is 14.3 Å². The van der Waals surface area contributed by atoms with E-state index in [-0.39, 0.29) is 5.75 Å². The van der Waals surface area contributed by atoms with Gasteiger partial charge in [-0.3, -0.25) is 0 Å². The first kappa shape index (κ1) is 26.4. The Morgan fingerprint density at radius 2 is 1.75 bits per heavy atom. The molecule has 0 saturated carbocycles. The number of rotatable bonds is 11. The number of sulfonamides is 1. The highest BCUT2D eigenvalue weighted by Crippen LogP contribution is 2.27. The van der Waals surface area contributed by atoms with Crippen LogP contribution in [0.1, 0.15) is 51.9 Å². The first-order valence-electron chi connectivity index (χ1n) is 11.8. The molecule has 2 fully saturated rings. The minimum absolute atomic E-state index is 0.285. The second kappa shape index (κ2) is 13.0. The lowest BCUT2D eigenvalue weighted by atomic mass is 9.92. The molecule has 32 heavy (non-hydrogen) atoms. The summed E-state index contributed by atoms with van der Waals surface area (Å²) in [5.74, 6) is 2.23. The average Bonchev–Trinajstić information content (AvgIpc) is 2.79. The first-order chi connectivity index (χ1) is 15.4. The van der Waals surface area contributed by atoms with Crippen LogP contribution in [-0.4, -0.2) is 71.8 Å². The molecule has 1 atom stereocenters. The molecule has 2 aliphatic rings. The zero-order valence-electron chi connectivity index (χ0n) is 19.0. The van der Waals surface area contributed by atoms with Crippen molar-refractivity contribution in [3.05, 3.63) is 17.4 Å². The Balaban J connectivity index is 1.28. The van der Waals surface area contributed by atoms with Crippen molar-refractivity contribution in [2.75, 3.05) is 50.0 Å². The third kappa shape index (κ3) is 8.21. The summed E-state index contributed by atoms with van der Waals surface area (Å²) in [5, 5.41) is 0.568. The van der Waals surface area contributed by atoms with Crippen LogP contribution < -0.4 is 4.90 Å². The quantitative estimate of drug-likeness (QED) is 0.278. The molecule has 7 nitrogen and oxygen atoms in total. The van der Waals surface area contributed by atoms with Gasteiger partial charge < -0.3 is 9.64 Å². The summed E-state index contributed by atoms with van der Waals surface area (Å²) < 4.78 is 32.9. The first-order valence-corrected chi connectivity index (χ1v) is 15.0. The van der Waals surface area contributed by atoms with Gasteiger partial charge in [0.05, 0.1) is 29.8 Å². The number of halogens is 2. The van der Waals surface area contributed by atoms with E-state index in [1.54, 1.807) is 16.7 Å². The molecule has 0 aliphatic carbocycles. The van der Waals surface area contributed by atoms with Gasteiger partial charge in [0.25, 0.3) is 0 Å². The maximum Gasteiger partial charge on any atom is 0.225 e. The van der Waals surface area contributed by atoms with Crippen LogP contribution in [-0.2, 0) is 14.8 Å². The molecule has 2 saturated heterocycles. The van der Waals surface area contributed by atoms with E-state index in [0.29, 0.717) is 33.9 Å². The summed E-state index contributed by atoms with van der Waals surface area (Å²) in [6, 6.07) is 0. The van der Waals surface area contributed by atoms with E-state index in [9.17, 15) is 8.42 Å². The Bertz CT molecular complexity index is 783. The number of hydrogen-bond donors (Lipinski definition) is 0. The number of aromatic nitrogens is 2. The van der Waals surface area contributed by atoms with Gasteiger partial charge in [0.2, 0.25) is 16.0 Å². The Morgan fingerprint density at radius 1 is 1.12 bits per heavy atom. The van der Waals surface area contributed by atoms with E-state index in [2.05, 4.69) is 37.5 Å². The van der Waals surface area contributed by atoms with Crippen LogP contribution in [0, 0.1) is 11.8 Å². The second-order valence-electron chi connectivity index (χ2n) is 9.01. The number of alkyl halides is 1. The SMILES string of the molecule is CCCCS(=O)(=O)N1CCC(COC[C@H](I)CC2CCN(c3ncc(Cl)cn3)CC2)CC1. The molecule has 1 aromatic rings. The van der Waals surface area contributed by atoms with E-state index in [4.69, 9.17) is 16.3 Å². The normalized spacial score (nSPS) is 20.5. The second-order valence-corrected chi connectivity index (χ2v) is 13.3. The van der Waals surface area contributed by atoms with Crippen molar-refractivity contribution in [1.29, 1.82) is 0 Å². The largest absolute Gasteiger partial charge is 0.380 e. The fourth-order valence-electron chi connectivity index (χ4n) is 4.44. The lowest BCUT2D eigenvalue weighted by Crippen LogP contribution is -2.40. The van der Waals surface area contributed by atoms with Crippen LogP contribution in [0.4, 0.5) is 5.95 Å². The number of hydrogen-bond acceptors (Lipinski definition) is 6. The highest BCUT2D eigenvalue weighted by atomic mass is 127. The van der Waals surface area contributed by atoms with Gasteiger partial charge in [-0.25, -0.2) is 22.7 Å². The van der Waals surface area contributed by atoms with E-state index >= 15 is 0 Å². The maximum absolute atomic E-state index is 12.3. The van der Waals surface area contributed by atoms with Gasteiger partial charge in [-0.05, 0) is 50.4 Å². The zero-order chi connectivity index (χ0) is 23.0. The summed E-state index contributed by atoms with van der Waals surface area (Å²) in [4.78, 5) is 10.9. The molecule has 0 unspecified atom stereocenters. The van der Waals surface area contributed by atoms with Crippen LogP contribution in [0.15, 0.2) is 12.4 Å². The number of unbranched alkanes of at least 4 members (excludes halogenated alkanes) is 1. The molecule has 10 heteroatoms. The lowest BCUT2D eigenvalue weighted by molar-refractivity contribution is 0.0790. The number of piperidine rings is 2. The van der Waals surface area contributed by atoms with Gasteiger partial charge >= 0.3 is 0 Å². The fourth-order valence-corrected chi connectivity index (χ4v) is 7.19. The van der Waals surface area contributed by atoms with E-state index < -0.39 is 10.0 Å². The van der Waals surface area contributed by atoms with Gasteiger partial charge in [0.1, 0.15) is 0 Å². The number of ether oxygens (including phenoxy) is 1. The Hall–Kier alpha value is -0.230. The van der Waals surface area contributed by atoms with Crippen LogP contribution >= 0.6 is 34.2 Å². The third-order valence-corrected chi connectivity index (χ3v) is 9.49. The summed E-state index contributed by atoms with van der Waals surface area (Å²) >= 11 is 8.40. The molecule has 2 aliphatic heterocycles. The summed E-state index contributed by atoms with van der Waals surface area (Å²) in [5.41, 5.74) is 0. The topological polar surface area (TPSA) is 75.6 Å². The molecule has 182 valence electrons. The monoisotopic (exact) mass is 598 g/mol. The Labute approximate surface area is 211 Å². The van der Waals surface area contributed by atoms with Crippen molar-refractivity contribution in [3.8, 4) is 0 Å². The van der Waals surface area contributed by atoms with Crippen molar-refractivity contribution in [3.63, 3.8) is 0 Å². The lowest BCUT2D eigenvalue weighted by Gasteiger charge is -2.33. The minimum Gasteiger partial charge on any atom is -0.380 e. The van der Waals surface area contributed by atoms with Crippen molar-refractivity contribution in [2.24, 2.45) is 11.8 Å². The van der Waals surface area contributed by atoms with E-state index in [0.717, 1.165) is 70.8 Å². The minimum atomic E-state index is -3.07. The van der Waals surface area contributed by atoms with E-state index in [1.807, 2.05) is 6.92 Å². The zero-order valence-corrected chi connectivity index (χ0v) is 22.7. The number of anilines is 1. The molecule has 0 bridgehead atoms. The third-order valence-electron chi connectivity index (χ3n) is 6.47. The average molecular weight is 599 g/mol. The molecule has 3 rings (SSSR count). The standard InChI is InChI=1S/C22H36ClIN4O3S/c1-2-3-12-32(29,30)28-10-6-19(7-11-28)16-31-17-21(24)13-18-4-8-27(9-5-18)22-25-14-20(23)15-26-22/h14-15,18-19,21H,2-13,16-17H2,1H3/t21-/m1/s1. The smallest absolute Gasteiger partial charge is 0.225 e. The van der Waals surface area contributed by atoms with Gasteiger partial charge in [-0.15, -0.1) is 0 Å². The molecule has 0 N–H and O–H groups in total. The number of nitrogens with zero attached hydrogens (tertiary/aromatic N) is 4. The fraction of sp³-hybridized carbons (Fsp3) is 0.818. The maximum atomic E-state index is 12.3. The van der Waals surface area contributed by atoms with Gasteiger partial charge in [-0.1, -0.05) is 47.5 Å². The van der Waals surface area contributed by atoms with Gasteiger partial charge in [-0.2, -0.15) is 0 Å². The van der Waals surface area contributed by atoms with Crippen LogP contribution in [0.25, 0.3) is 0 Å². The molecule has 1 aromatic heterocycles. The molecule has 3 heterocycles. The summed E-state index contributed by atoms with van der Waals surface area (Å²) in [7, 11) is -3.07. The molecule has 0 spiro atoms.